The summed E-state index contributed by atoms with van der Waals surface area (Å²) >= 11 is 0. The van der Waals surface area contributed by atoms with E-state index in [9.17, 15) is 13.2 Å². The molecule has 1 heterocycles. The standard InChI is InChI=1S/C22H20N2O4S/c1-14-4-7-16(8-5-14)24(3)29(26,27)17-9-11-20-18(13-17)22(25)23-19-10-6-15(2)12-21(19)28-20/h4-13H,1-3H3,(H,23,25). The fraction of sp³-hybridized carbons (Fsp3) is 0.136. The minimum atomic E-state index is -3.85. The van der Waals surface area contributed by atoms with Gasteiger partial charge in [0.25, 0.3) is 15.9 Å². The zero-order valence-electron chi connectivity index (χ0n) is 16.3. The van der Waals surface area contributed by atoms with Gasteiger partial charge in [0.2, 0.25) is 0 Å². The number of ether oxygens (including phenoxy) is 1. The number of aryl methyl sites for hydroxylation is 2. The largest absolute Gasteiger partial charge is 0.454 e. The number of rotatable bonds is 3. The summed E-state index contributed by atoms with van der Waals surface area (Å²) in [5.41, 5.74) is 3.26. The van der Waals surface area contributed by atoms with Crippen LogP contribution in [0.4, 0.5) is 11.4 Å². The number of nitrogens with one attached hydrogen (secondary N) is 1. The fourth-order valence-corrected chi connectivity index (χ4v) is 4.34. The lowest BCUT2D eigenvalue weighted by atomic mass is 10.2. The number of anilines is 2. The average molecular weight is 408 g/mol. The first kappa shape index (κ1) is 19.0. The molecule has 0 spiro atoms. The van der Waals surface area contributed by atoms with Crippen molar-refractivity contribution in [3.8, 4) is 11.5 Å². The molecule has 1 aliphatic heterocycles. The number of carbonyl (C=O) groups is 1. The van der Waals surface area contributed by atoms with Gasteiger partial charge in [-0.3, -0.25) is 9.10 Å². The summed E-state index contributed by atoms with van der Waals surface area (Å²) in [4.78, 5) is 12.7. The molecule has 0 aromatic heterocycles. The number of fused-ring (bicyclic) bond motifs is 2. The van der Waals surface area contributed by atoms with Crippen LogP contribution in [0.15, 0.2) is 65.6 Å². The summed E-state index contributed by atoms with van der Waals surface area (Å²) in [6.45, 7) is 3.86. The van der Waals surface area contributed by atoms with E-state index in [4.69, 9.17) is 4.74 Å². The van der Waals surface area contributed by atoms with E-state index in [0.29, 0.717) is 22.9 Å². The molecular formula is C22H20N2O4S. The number of benzene rings is 3. The van der Waals surface area contributed by atoms with Crippen molar-refractivity contribution in [3.05, 3.63) is 77.4 Å². The lowest BCUT2D eigenvalue weighted by Crippen LogP contribution is -2.26. The fourth-order valence-electron chi connectivity index (χ4n) is 3.11. The Morgan fingerprint density at radius 1 is 0.862 bits per heavy atom. The van der Waals surface area contributed by atoms with Gasteiger partial charge in [0, 0.05) is 7.05 Å². The first-order valence-corrected chi connectivity index (χ1v) is 10.5. The Kier molecular flexibility index (Phi) is 4.55. The van der Waals surface area contributed by atoms with Crippen LogP contribution in [0.1, 0.15) is 21.5 Å². The lowest BCUT2D eigenvalue weighted by molar-refractivity contribution is 0.102. The number of carbonyl (C=O) groups excluding carboxylic acids is 1. The van der Waals surface area contributed by atoms with E-state index in [-0.39, 0.29) is 10.5 Å². The second-order valence-electron chi connectivity index (χ2n) is 7.02. The summed E-state index contributed by atoms with van der Waals surface area (Å²) in [5.74, 6) is 0.408. The molecule has 0 radical (unpaired) electrons. The molecule has 0 unspecified atom stereocenters. The maximum absolute atomic E-state index is 13.1. The molecule has 0 fully saturated rings. The highest BCUT2D eigenvalue weighted by atomic mass is 32.2. The van der Waals surface area contributed by atoms with Crippen LogP contribution < -0.4 is 14.4 Å². The van der Waals surface area contributed by atoms with Gasteiger partial charge in [-0.2, -0.15) is 0 Å². The molecule has 3 aromatic carbocycles. The Morgan fingerprint density at radius 2 is 1.55 bits per heavy atom. The van der Waals surface area contributed by atoms with Crippen LogP contribution >= 0.6 is 0 Å². The van der Waals surface area contributed by atoms with E-state index in [1.165, 1.54) is 29.6 Å². The average Bonchev–Trinajstić information content (AvgIpc) is 2.83. The smallest absolute Gasteiger partial charge is 0.264 e. The molecule has 1 aliphatic rings. The lowest BCUT2D eigenvalue weighted by Gasteiger charge is -2.20. The highest BCUT2D eigenvalue weighted by Crippen LogP contribution is 2.37. The molecule has 4 rings (SSSR count). The van der Waals surface area contributed by atoms with Crippen molar-refractivity contribution >= 4 is 27.3 Å². The van der Waals surface area contributed by atoms with E-state index >= 15 is 0 Å². The van der Waals surface area contributed by atoms with E-state index in [0.717, 1.165) is 11.1 Å². The predicted octanol–water partition coefficient (Wildman–Crippen LogP) is 4.49. The van der Waals surface area contributed by atoms with Gasteiger partial charge in [-0.15, -0.1) is 0 Å². The van der Waals surface area contributed by atoms with E-state index in [2.05, 4.69) is 5.32 Å². The third-order valence-electron chi connectivity index (χ3n) is 4.86. The van der Waals surface area contributed by atoms with Crippen LogP contribution in [-0.2, 0) is 10.0 Å². The second-order valence-corrected chi connectivity index (χ2v) is 8.99. The van der Waals surface area contributed by atoms with E-state index in [1.807, 2.05) is 38.1 Å². The third-order valence-corrected chi connectivity index (χ3v) is 6.64. The van der Waals surface area contributed by atoms with Crippen molar-refractivity contribution in [2.24, 2.45) is 0 Å². The molecule has 6 nitrogen and oxygen atoms in total. The Morgan fingerprint density at radius 3 is 2.28 bits per heavy atom. The van der Waals surface area contributed by atoms with Gasteiger partial charge < -0.3 is 10.1 Å². The van der Waals surface area contributed by atoms with Crippen molar-refractivity contribution in [1.82, 2.24) is 0 Å². The monoisotopic (exact) mass is 408 g/mol. The van der Waals surface area contributed by atoms with Crippen molar-refractivity contribution < 1.29 is 17.9 Å². The molecule has 1 N–H and O–H groups in total. The maximum atomic E-state index is 13.1. The van der Waals surface area contributed by atoms with Gasteiger partial charge in [-0.05, 0) is 61.9 Å². The minimum absolute atomic E-state index is 0.0141. The third kappa shape index (κ3) is 3.45. The SMILES string of the molecule is Cc1ccc(N(C)S(=O)(=O)c2ccc3c(c2)C(=O)Nc2ccc(C)cc2O3)cc1. The zero-order valence-corrected chi connectivity index (χ0v) is 17.1. The number of hydrogen-bond acceptors (Lipinski definition) is 4. The van der Waals surface area contributed by atoms with Gasteiger partial charge >= 0.3 is 0 Å². The number of amides is 1. The summed E-state index contributed by atoms with van der Waals surface area (Å²) in [7, 11) is -2.36. The highest BCUT2D eigenvalue weighted by Gasteiger charge is 2.27. The Hall–Kier alpha value is -3.32. The number of hydrogen-bond donors (Lipinski definition) is 1. The molecule has 7 heteroatoms. The Bertz CT molecular complexity index is 1220. The molecule has 0 bridgehead atoms. The van der Waals surface area contributed by atoms with E-state index in [1.54, 1.807) is 18.2 Å². The molecular weight excluding hydrogens is 388 g/mol. The quantitative estimate of drug-likeness (QED) is 0.693. The van der Waals surface area contributed by atoms with Crippen LogP contribution in [0.5, 0.6) is 11.5 Å². The molecule has 1 amide bonds. The van der Waals surface area contributed by atoms with Crippen LogP contribution in [0, 0.1) is 13.8 Å². The molecule has 29 heavy (non-hydrogen) atoms. The summed E-state index contributed by atoms with van der Waals surface area (Å²) in [6, 6.07) is 16.9. The van der Waals surface area contributed by atoms with Crippen LogP contribution in [0.25, 0.3) is 0 Å². The van der Waals surface area contributed by atoms with Gasteiger partial charge in [0.15, 0.2) is 5.75 Å². The molecule has 0 saturated carbocycles. The number of nitrogens with zero attached hydrogens (tertiary/aromatic N) is 1. The molecule has 0 atom stereocenters. The minimum Gasteiger partial charge on any atom is -0.454 e. The molecule has 0 saturated heterocycles. The summed E-state index contributed by atoms with van der Waals surface area (Å²) in [5, 5.41) is 2.78. The number of sulfonamides is 1. The van der Waals surface area contributed by atoms with Gasteiger partial charge in [-0.25, -0.2) is 8.42 Å². The zero-order chi connectivity index (χ0) is 20.8. The van der Waals surface area contributed by atoms with Crippen LogP contribution in [0.2, 0.25) is 0 Å². The normalized spacial score (nSPS) is 12.9. The Balaban J connectivity index is 1.73. The van der Waals surface area contributed by atoms with Crippen molar-refractivity contribution in [2.45, 2.75) is 18.7 Å². The van der Waals surface area contributed by atoms with Gasteiger partial charge in [-0.1, -0.05) is 23.8 Å². The van der Waals surface area contributed by atoms with Crippen LogP contribution in [-0.4, -0.2) is 21.4 Å². The van der Waals surface area contributed by atoms with Crippen LogP contribution in [0.3, 0.4) is 0 Å². The highest BCUT2D eigenvalue weighted by molar-refractivity contribution is 7.92. The molecule has 0 aliphatic carbocycles. The molecule has 3 aromatic rings. The first-order chi connectivity index (χ1) is 13.8. The van der Waals surface area contributed by atoms with Gasteiger partial charge in [0.1, 0.15) is 5.75 Å². The van der Waals surface area contributed by atoms with Crippen molar-refractivity contribution in [2.75, 3.05) is 16.7 Å². The summed E-state index contributed by atoms with van der Waals surface area (Å²) in [6.07, 6.45) is 0. The van der Waals surface area contributed by atoms with E-state index < -0.39 is 15.9 Å². The Labute approximate surface area is 169 Å². The first-order valence-electron chi connectivity index (χ1n) is 9.05. The topological polar surface area (TPSA) is 75.7 Å². The van der Waals surface area contributed by atoms with Gasteiger partial charge in [0.05, 0.1) is 21.8 Å². The predicted molar refractivity (Wildman–Crippen MR) is 112 cm³/mol. The second kappa shape index (κ2) is 6.93. The maximum Gasteiger partial charge on any atom is 0.264 e. The molecule has 148 valence electrons. The summed E-state index contributed by atoms with van der Waals surface area (Å²) < 4.78 is 33.3. The van der Waals surface area contributed by atoms with Crippen molar-refractivity contribution in [3.63, 3.8) is 0 Å². The van der Waals surface area contributed by atoms with Crippen molar-refractivity contribution in [1.29, 1.82) is 0 Å².